The lowest BCUT2D eigenvalue weighted by molar-refractivity contribution is -0.152. The second-order valence-electron chi connectivity index (χ2n) is 5.86. The molecule has 7 nitrogen and oxygen atoms in total. The van der Waals surface area contributed by atoms with Gasteiger partial charge >= 0.3 is 5.97 Å². The lowest BCUT2D eigenvalue weighted by Crippen LogP contribution is -2.41. The number of esters is 1. The lowest BCUT2D eigenvalue weighted by atomic mass is 9.96. The normalized spacial score (nSPS) is 20.7. The number of amidine groups is 1. The summed E-state index contributed by atoms with van der Waals surface area (Å²) in [5.74, 6) is -0.196. The molecule has 0 amide bonds. The summed E-state index contributed by atoms with van der Waals surface area (Å²) in [6.07, 6.45) is 0.322. The number of likely N-dealkylation sites (tertiary alicyclic amines) is 1. The van der Waals surface area contributed by atoms with Gasteiger partial charge < -0.3 is 9.64 Å². The van der Waals surface area contributed by atoms with E-state index in [0.717, 1.165) is 0 Å². The number of carbonyl (C=O) groups excluding carboxylic acids is 1. The number of nitriles is 1. The first-order valence-electron chi connectivity index (χ1n) is 7.72. The Morgan fingerprint density at radius 3 is 2.71 bits per heavy atom. The van der Waals surface area contributed by atoms with Gasteiger partial charge in [-0.3, -0.25) is 4.79 Å². The molecule has 2 aliphatic heterocycles. The Morgan fingerprint density at radius 2 is 2.04 bits per heavy atom. The smallest absolute Gasteiger partial charge is 0.310 e. The van der Waals surface area contributed by atoms with Crippen LogP contribution in [0.3, 0.4) is 0 Å². The number of carbonyl (C=O) groups is 1. The van der Waals surface area contributed by atoms with Crippen molar-refractivity contribution in [3.63, 3.8) is 0 Å². The predicted octanol–water partition coefficient (Wildman–Crippen LogP) is 1.30. The SMILES string of the molecule is C[C@H](C#N)OC(=O)C1CCN(C2=NS(=O)(=O)c3ccccc32)CC1. The van der Waals surface area contributed by atoms with Crippen molar-refractivity contribution in [1.29, 1.82) is 5.26 Å². The molecule has 3 rings (SSSR count). The van der Waals surface area contributed by atoms with Crippen LogP contribution in [0.1, 0.15) is 25.3 Å². The zero-order valence-electron chi connectivity index (χ0n) is 13.2. The second kappa shape index (κ2) is 6.24. The minimum Gasteiger partial charge on any atom is -0.447 e. The number of piperidine rings is 1. The van der Waals surface area contributed by atoms with Crippen LogP contribution in [0.4, 0.5) is 0 Å². The minimum absolute atomic E-state index is 0.226. The van der Waals surface area contributed by atoms with Crippen LogP contribution in [-0.2, 0) is 19.6 Å². The number of hydrogen-bond donors (Lipinski definition) is 0. The van der Waals surface area contributed by atoms with E-state index in [-0.39, 0.29) is 16.8 Å². The van der Waals surface area contributed by atoms with Crippen LogP contribution in [0, 0.1) is 17.2 Å². The molecule has 1 aromatic carbocycles. The molecule has 8 heteroatoms. The monoisotopic (exact) mass is 347 g/mol. The van der Waals surface area contributed by atoms with E-state index in [4.69, 9.17) is 10.00 Å². The van der Waals surface area contributed by atoms with Crippen molar-refractivity contribution < 1.29 is 17.9 Å². The molecule has 0 aliphatic carbocycles. The first-order chi connectivity index (χ1) is 11.4. The first kappa shape index (κ1) is 16.5. The molecule has 0 spiro atoms. The highest BCUT2D eigenvalue weighted by atomic mass is 32.2. The summed E-state index contributed by atoms with van der Waals surface area (Å²) in [4.78, 5) is 14.1. The van der Waals surface area contributed by atoms with Crippen LogP contribution >= 0.6 is 0 Å². The van der Waals surface area contributed by atoms with E-state index in [0.29, 0.717) is 37.3 Å². The fourth-order valence-electron chi connectivity index (χ4n) is 2.94. The van der Waals surface area contributed by atoms with Gasteiger partial charge in [-0.05, 0) is 31.9 Å². The molecular weight excluding hydrogens is 330 g/mol. The Hall–Kier alpha value is -2.40. The summed E-state index contributed by atoms with van der Waals surface area (Å²) in [5.41, 5.74) is 0.608. The molecule has 1 aromatic rings. The van der Waals surface area contributed by atoms with Crippen LogP contribution in [0.15, 0.2) is 33.6 Å². The van der Waals surface area contributed by atoms with Gasteiger partial charge in [0.15, 0.2) is 11.9 Å². The second-order valence-corrected chi connectivity index (χ2v) is 7.43. The van der Waals surface area contributed by atoms with E-state index in [1.165, 1.54) is 6.92 Å². The molecule has 2 aliphatic rings. The molecule has 0 N–H and O–H groups in total. The van der Waals surface area contributed by atoms with E-state index in [9.17, 15) is 13.2 Å². The van der Waals surface area contributed by atoms with Gasteiger partial charge in [-0.15, -0.1) is 4.40 Å². The molecular formula is C16H17N3O4S. The van der Waals surface area contributed by atoms with Crippen molar-refractivity contribution in [3.8, 4) is 6.07 Å². The van der Waals surface area contributed by atoms with Crippen molar-refractivity contribution in [1.82, 2.24) is 4.90 Å². The third-order valence-electron chi connectivity index (χ3n) is 4.22. The lowest BCUT2D eigenvalue weighted by Gasteiger charge is -2.32. The van der Waals surface area contributed by atoms with Gasteiger partial charge in [0.05, 0.1) is 5.92 Å². The predicted molar refractivity (Wildman–Crippen MR) is 85.6 cm³/mol. The number of nitrogens with zero attached hydrogens (tertiary/aromatic N) is 3. The van der Waals surface area contributed by atoms with Crippen LogP contribution in [-0.4, -0.2) is 44.3 Å². The molecule has 1 atom stereocenters. The fraction of sp³-hybridized carbons (Fsp3) is 0.438. The Kier molecular flexibility index (Phi) is 4.28. The van der Waals surface area contributed by atoms with Gasteiger partial charge in [0, 0.05) is 18.7 Å². The molecule has 2 heterocycles. The molecule has 1 saturated heterocycles. The molecule has 1 fully saturated rings. The molecule has 0 unspecified atom stereocenters. The molecule has 0 radical (unpaired) electrons. The van der Waals surface area contributed by atoms with Crippen molar-refractivity contribution in [2.75, 3.05) is 13.1 Å². The largest absolute Gasteiger partial charge is 0.447 e. The van der Waals surface area contributed by atoms with Gasteiger partial charge in [-0.2, -0.15) is 13.7 Å². The highest BCUT2D eigenvalue weighted by Crippen LogP contribution is 2.29. The van der Waals surface area contributed by atoms with E-state index < -0.39 is 16.1 Å². The highest BCUT2D eigenvalue weighted by molar-refractivity contribution is 7.90. The molecule has 24 heavy (non-hydrogen) atoms. The maximum Gasteiger partial charge on any atom is 0.310 e. The number of rotatable bonds is 2. The number of benzene rings is 1. The zero-order chi connectivity index (χ0) is 17.3. The molecule has 0 bridgehead atoms. The van der Waals surface area contributed by atoms with Crippen LogP contribution in [0.5, 0.6) is 0 Å². The Morgan fingerprint density at radius 1 is 1.38 bits per heavy atom. The maximum absolute atomic E-state index is 12.1. The van der Waals surface area contributed by atoms with Gasteiger partial charge in [0.2, 0.25) is 0 Å². The minimum atomic E-state index is -3.63. The summed E-state index contributed by atoms with van der Waals surface area (Å²) in [5, 5.41) is 8.70. The van der Waals surface area contributed by atoms with E-state index >= 15 is 0 Å². The van der Waals surface area contributed by atoms with Crippen molar-refractivity contribution >= 4 is 21.8 Å². The number of fused-ring (bicyclic) bond motifs is 1. The van der Waals surface area contributed by atoms with Gasteiger partial charge in [-0.1, -0.05) is 12.1 Å². The number of sulfonamides is 1. The van der Waals surface area contributed by atoms with Gasteiger partial charge in [0.1, 0.15) is 11.0 Å². The Bertz CT molecular complexity index is 833. The van der Waals surface area contributed by atoms with Crippen LogP contribution in [0.2, 0.25) is 0 Å². The Balaban J connectivity index is 1.70. The van der Waals surface area contributed by atoms with E-state index in [2.05, 4.69) is 4.40 Å². The average molecular weight is 347 g/mol. The summed E-state index contributed by atoms with van der Waals surface area (Å²) >= 11 is 0. The van der Waals surface area contributed by atoms with Crippen molar-refractivity contribution in [2.45, 2.75) is 30.8 Å². The molecule has 126 valence electrons. The zero-order valence-corrected chi connectivity index (χ0v) is 14.0. The summed E-state index contributed by atoms with van der Waals surface area (Å²) < 4.78 is 33.2. The molecule has 0 saturated carbocycles. The first-order valence-corrected chi connectivity index (χ1v) is 9.16. The fourth-order valence-corrected chi connectivity index (χ4v) is 4.17. The van der Waals surface area contributed by atoms with Crippen molar-refractivity contribution in [3.05, 3.63) is 29.8 Å². The summed E-state index contributed by atoms with van der Waals surface area (Å²) in [7, 11) is -3.63. The number of ether oxygens (including phenoxy) is 1. The third-order valence-corrected chi connectivity index (χ3v) is 5.54. The highest BCUT2D eigenvalue weighted by Gasteiger charge is 2.35. The third kappa shape index (κ3) is 2.99. The Labute approximate surface area is 140 Å². The number of hydrogen-bond acceptors (Lipinski definition) is 6. The summed E-state index contributed by atoms with van der Waals surface area (Å²) in [6, 6.07) is 8.62. The van der Waals surface area contributed by atoms with Crippen LogP contribution in [0.25, 0.3) is 0 Å². The standard InChI is InChI=1S/C16H17N3O4S/c1-11(10-17)23-16(20)12-6-8-19(9-7-12)15-13-4-2-3-5-14(13)24(21,22)18-15/h2-5,11-12H,6-9H2,1H3/t11-/m1/s1. The maximum atomic E-state index is 12.1. The quantitative estimate of drug-likeness (QED) is 0.748. The van der Waals surface area contributed by atoms with E-state index in [1.807, 2.05) is 11.0 Å². The van der Waals surface area contributed by atoms with Gasteiger partial charge in [-0.25, -0.2) is 0 Å². The van der Waals surface area contributed by atoms with Crippen LogP contribution < -0.4 is 0 Å². The average Bonchev–Trinajstić information content (AvgIpc) is 2.87. The van der Waals surface area contributed by atoms with Crippen molar-refractivity contribution in [2.24, 2.45) is 10.3 Å². The van der Waals surface area contributed by atoms with Gasteiger partial charge in [0.25, 0.3) is 10.0 Å². The summed E-state index contributed by atoms with van der Waals surface area (Å²) in [6.45, 7) is 2.56. The van der Waals surface area contributed by atoms with E-state index in [1.54, 1.807) is 24.3 Å². The molecule has 0 aromatic heterocycles. The topological polar surface area (TPSA) is 99.8 Å².